The summed E-state index contributed by atoms with van der Waals surface area (Å²) in [7, 11) is 0. The first-order valence-corrected chi connectivity index (χ1v) is 6.15. The summed E-state index contributed by atoms with van der Waals surface area (Å²) in [6.07, 6.45) is 0. The van der Waals surface area contributed by atoms with Crippen molar-refractivity contribution in [3.63, 3.8) is 0 Å². The third-order valence-electron chi connectivity index (χ3n) is 3.56. The Morgan fingerprint density at radius 2 is 0.944 bits per heavy atom. The van der Waals surface area contributed by atoms with Gasteiger partial charge in [-0.15, -0.1) is 0 Å². The topological polar surface area (TPSA) is 0 Å². The molecule has 4 rings (SSSR count). The molecule has 0 unspecified atom stereocenters. The summed E-state index contributed by atoms with van der Waals surface area (Å²) >= 11 is 0. The molecule has 0 atom stereocenters. The standard InChI is InChI=1S/C18H11/c1-2-8-14-13(7-1)15-9-3-4-11-17(15)18-12-6-5-10-16(14)18/h1-11H. The maximum absolute atomic E-state index is 3.39. The molecule has 0 aliphatic rings. The Hall–Kier alpha value is -2.34. The van der Waals surface area contributed by atoms with E-state index in [1.807, 2.05) is 6.07 Å². The monoisotopic (exact) mass is 227 g/mol. The Labute approximate surface area is 105 Å². The van der Waals surface area contributed by atoms with Crippen molar-refractivity contribution in [1.82, 2.24) is 0 Å². The number of rotatable bonds is 0. The fraction of sp³-hybridized carbons (Fsp3) is 0. The van der Waals surface area contributed by atoms with Crippen LogP contribution < -0.4 is 0 Å². The van der Waals surface area contributed by atoms with E-state index in [1.165, 1.54) is 32.3 Å². The molecule has 0 nitrogen and oxygen atoms in total. The molecular weight excluding hydrogens is 216 g/mol. The normalized spacial score (nSPS) is 11.3. The van der Waals surface area contributed by atoms with Gasteiger partial charge in [-0.05, 0) is 38.4 Å². The predicted molar refractivity (Wildman–Crippen MR) is 77.8 cm³/mol. The largest absolute Gasteiger partial charge is 0.0616 e. The molecule has 4 aromatic carbocycles. The molecular formula is C18H11. The van der Waals surface area contributed by atoms with Crippen molar-refractivity contribution in [1.29, 1.82) is 0 Å². The number of fused-ring (bicyclic) bond motifs is 6. The van der Waals surface area contributed by atoms with E-state index in [4.69, 9.17) is 0 Å². The molecule has 0 amide bonds. The summed E-state index contributed by atoms with van der Waals surface area (Å²) in [6, 6.07) is 26.8. The highest BCUT2D eigenvalue weighted by molar-refractivity contribution is 6.24. The second kappa shape index (κ2) is 3.58. The van der Waals surface area contributed by atoms with Gasteiger partial charge in [0, 0.05) is 0 Å². The Bertz CT molecular complexity index is 652. The van der Waals surface area contributed by atoms with Crippen LogP contribution in [0, 0.1) is 6.07 Å². The Kier molecular flexibility index (Phi) is 1.92. The van der Waals surface area contributed by atoms with E-state index < -0.39 is 0 Å². The van der Waals surface area contributed by atoms with Crippen LogP contribution in [0.25, 0.3) is 32.3 Å². The van der Waals surface area contributed by atoms with Crippen molar-refractivity contribution >= 4 is 32.3 Å². The van der Waals surface area contributed by atoms with Gasteiger partial charge in [0.1, 0.15) is 0 Å². The van der Waals surface area contributed by atoms with Crippen molar-refractivity contribution < 1.29 is 0 Å². The van der Waals surface area contributed by atoms with Crippen molar-refractivity contribution in [2.45, 2.75) is 0 Å². The predicted octanol–water partition coefficient (Wildman–Crippen LogP) is 4.95. The van der Waals surface area contributed by atoms with Crippen LogP contribution in [0.15, 0.2) is 66.7 Å². The van der Waals surface area contributed by atoms with Gasteiger partial charge >= 0.3 is 0 Å². The quantitative estimate of drug-likeness (QED) is 0.373. The van der Waals surface area contributed by atoms with E-state index >= 15 is 0 Å². The molecule has 18 heavy (non-hydrogen) atoms. The molecule has 0 aliphatic carbocycles. The third kappa shape index (κ3) is 1.20. The van der Waals surface area contributed by atoms with Gasteiger partial charge in [0.2, 0.25) is 0 Å². The first-order valence-electron chi connectivity index (χ1n) is 6.15. The van der Waals surface area contributed by atoms with Crippen LogP contribution in [0.1, 0.15) is 0 Å². The molecule has 4 aromatic rings. The van der Waals surface area contributed by atoms with Crippen LogP contribution in [-0.4, -0.2) is 0 Å². The summed E-state index contributed by atoms with van der Waals surface area (Å²) in [5.74, 6) is 0. The van der Waals surface area contributed by atoms with Gasteiger partial charge < -0.3 is 0 Å². The van der Waals surface area contributed by atoms with Crippen molar-refractivity contribution in [2.24, 2.45) is 0 Å². The average molecular weight is 227 g/mol. The van der Waals surface area contributed by atoms with Gasteiger partial charge in [-0.3, -0.25) is 0 Å². The van der Waals surface area contributed by atoms with E-state index in [0.29, 0.717) is 0 Å². The Balaban J connectivity index is 2.46. The zero-order chi connectivity index (χ0) is 11.9. The maximum atomic E-state index is 3.39. The highest BCUT2D eigenvalue weighted by atomic mass is 14.1. The smallest absolute Gasteiger partial charge is 0.00201 e. The van der Waals surface area contributed by atoms with Gasteiger partial charge in [-0.2, -0.15) is 0 Å². The summed E-state index contributed by atoms with van der Waals surface area (Å²) in [4.78, 5) is 0. The zero-order valence-electron chi connectivity index (χ0n) is 9.85. The van der Waals surface area contributed by atoms with Crippen molar-refractivity contribution in [3.05, 3.63) is 72.8 Å². The Morgan fingerprint density at radius 1 is 0.500 bits per heavy atom. The van der Waals surface area contributed by atoms with Gasteiger partial charge in [-0.1, -0.05) is 66.7 Å². The van der Waals surface area contributed by atoms with Gasteiger partial charge in [-0.25, -0.2) is 0 Å². The number of benzene rings is 4. The molecule has 1 radical (unpaired) electrons. The lowest BCUT2D eigenvalue weighted by atomic mass is 9.95. The molecule has 0 N–H and O–H groups in total. The molecule has 0 spiro atoms. The van der Waals surface area contributed by atoms with E-state index in [2.05, 4.69) is 66.7 Å². The molecule has 0 heteroatoms. The molecule has 83 valence electrons. The van der Waals surface area contributed by atoms with E-state index in [0.717, 1.165) is 0 Å². The SMILES string of the molecule is [c]1cccc2c1c1ccccc1c1ccccc21. The number of hydrogen-bond acceptors (Lipinski definition) is 0. The second-order valence-electron chi connectivity index (χ2n) is 4.55. The minimum absolute atomic E-state index is 1.21. The van der Waals surface area contributed by atoms with E-state index in [1.54, 1.807) is 0 Å². The fourth-order valence-electron chi connectivity index (χ4n) is 2.77. The highest BCUT2D eigenvalue weighted by Crippen LogP contribution is 2.34. The molecule has 0 saturated carbocycles. The molecule has 0 saturated heterocycles. The summed E-state index contributed by atoms with van der Waals surface area (Å²) in [5, 5.41) is 7.72. The highest BCUT2D eigenvalue weighted by Gasteiger charge is 2.06. The molecule has 0 bridgehead atoms. The average Bonchev–Trinajstić information content (AvgIpc) is 2.48. The van der Waals surface area contributed by atoms with Crippen LogP contribution in [0.2, 0.25) is 0 Å². The summed E-state index contributed by atoms with van der Waals surface area (Å²) < 4.78 is 0. The lowest BCUT2D eigenvalue weighted by Crippen LogP contribution is -1.82. The van der Waals surface area contributed by atoms with Crippen molar-refractivity contribution in [3.8, 4) is 0 Å². The summed E-state index contributed by atoms with van der Waals surface area (Å²) in [6.45, 7) is 0. The van der Waals surface area contributed by atoms with Crippen molar-refractivity contribution in [2.75, 3.05) is 0 Å². The van der Waals surface area contributed by atoms with E-state index in [-0.39, 0.29) is 0 Å². The fourth-order valence-corrected chi connectivity index (χ4v) is 2.77. The van der Waals surface area contributed by atoms with Crippen LogP contribution in [0.4, 0.5) is 0 Å². The summed E-state index contributed by atoms with van der Waals surface area (Å²) in [5.41, 5.74) is 0. The van der Waals surface area contributed by atoms with Crippen LogP contribution in [0.5, 0.6) is 0 Å². The van der Waals surface area contributed by atoms with Gasteiger partial charge in [0.05, 0.1) is 0 Å². The minimum Gasteiger partial charge on any atom is -0.0616 e. The zero-order valence-corrected chi connectivity index (χ0v) is 9.85. The van der Waals surface area contributed by atoms with E-state index in [9.17, 15) is 0 Å². The van der Waals surface area contributed by atoms with Crippen LogP contribution in [0.3, 0.4) is 0 Å². The van der Waals surface area contributed by atoms with Gasteiger partial charge in [0.15, 0.2) is 0 Å². The minimum atomic E-state index is 1.21. The first kappa shape index (κ1) is 9.67. The van der Waals surface area contributed by atoms with Gasteiger partial charge in [0.25, 0.3) is 0 Å². The molecule has 0 aliphatic heterocycles. The lowest BCUT2D eigenvalue weighted by Gasteiger charge is -2.09. The Morgan fingerprint density at radius 3 is 1.56 bits per heavy atom. The molecule has 0 heterocycles. The van der Waals surface area contributed by atoms with Crippen LogP contribution >= 0.6 is 0 Å². The number of hydrogen-bond donors (Lipinski definition) is 0. The lowest BCUT2D eigenvalue weighted by molar-refractivity contribution is 1.76. The first-order chi connectivity index (χ1) is 8.95. The third-order valence-corrected chi connectivity index (χ3v) is 3.56. The second-order valence-corrected chi connectivity index (χ2v) is 4.55. The molecule has 0 fully saturated rings. The van der Waals surface area contributed by atoms with Crippen LogP contribution in [-0.2, 0) is 0 Å². The molecule has 0 aromatic heterocycles. The maximum Gasteiger partial charge on any atom is -0.00201 e.